The summed E-state index contributed by atoms with van der Waals surface area (Å²) in [7, 11) is 3.26. The number of anilines is 1. The zero-order valence-corrected chi connectivity index (χ0v) is 19.9. The van der Waals surface area contributed by atoms with Gasteiger partial charge in [0.05, 0.1) is 14.2 Å². The molecule has 3 aromatic rings. The molecule has 2 aromatic heterocycles. The van der Waals surface area contributed by atoms with Crippen molar-refractivity contribution in [1.29, 1.82) is 0 Å². The highest BCUT2D eigenvalue weighted by Gasteiger charge is 2.28. The maximum atomic E-state index is 12.9. The number of piperidine rings is 1. The molecule has 4 heterocycles. The molecule has 1 amide bonds. The normalized spacial score (nSPS) is 16.7. The van der Waals surface area contributed by atoms with Gasteiger partial charge in [-0.3, -0.25) is 4.79 Å². The van der Waals surface area contributed by atoms with Crippen LogP contribution in [0.15, 0.2) is 24.5 Å². The SMILES string of the molecule is COc1ccc(OC)c(CNC(=O)C2CCN(c3ncnc4c3nc3n4CCCCC3)CC2)c1. The molecular weight excluding hydrogens is 432 g/mol. The minimum Gasteiger partial charge on any atom is -0.497 e. The van der Waals surface area contributed by atoms with E-state index in [4.69, 9.17) is 14.5 Å². The number of hydrogen-bond acceptors (Lipinski definition) is 7. The molecule has 1 N–H and O–H groups in total. The number of aryl methyl sites for hydroxylation is 2. The van der Waals surface area contributed by atoms with Gasteiger partial charge < -0.3 is 24.3 Å². The summed E-state index contributed by atoms with van der Waals surface area (Å²) in [5.41, 5.74) is 2.73. The van der Waals surface area contributed by atoms with Gasteiger partial charge in [0.2, 0.25) is 5.91 Å². The lowest BCUT2D eigenvalue weighted by Gasteiger charge is -2.32. The third-order valence-electron chi connectivity index (χ3n) is 6.98. The summed E-state index contributed by atoms with van der Waals surface area (Å²) in [5.74, 6) is 3.55. The van der Waals surface area contributed by atoms with E-state index >= 15 is 0 Å². The number of nitrogens with one attached hydrogen (secondary N) is 1. The number of fused-ring (bicyclic) bond motifs is 3. The lowest BCUT2D eigenvalue weighted by atomic mass is 9.95. The molecular formula is C25H32N6O3. The summed E-state index contributed by atoms with van der Waals surface area (Å²) in [5, 5.41) is 3.08. The summed E-state index contributed by atoms with van der Waals surface area (Å²) in [6, 6.07) is 5.60. The van der Waals surface area contributed by atoms with Gasteiger partial charge in [-0.25, -0.2) is 15.0 Å². The number of methoxy groups -OCH3 is 2. The summed E-state index contributed by atoms with van der Waals surface area (Å²) in [6.07, 6.45) is 7.78. The van der Waals surface area contributed by atoms with Gasteiger partial charge in [-0.1, -0.05) is 6.42 Å². The fourth-order valence-corrected chi connectivity index (χ4v) is 5.06. The minimum absolute atomic E-state index is 0.0242. The van der Waals surface area contributed by atoms with Crippen LogP contribution >= 0.6 is 0 Å². The standard InChI is InChI=1S/C25H32N6O3/c1-33-19-7-8-20(34-2)18(14-19)15-26-25(32)17-9-12-30(13-10-17)23-22-24(28-16-27-23)31-11-5-3-4-6-21(31)29-22/h7-8,14,16-17H,3-6,9-13,15H2,1-2H3,(H,26,32). The van der Waals surface area contributed by atoms with Crippen LogP contribution in [0.4, 0.5) is 5.82 Å². The van der Waals surface area contributed by atoms with E-state index in [-0.39, 0.29) is 11.8 Å². The third-order valence-corrected chi connectivity index (χ3v) is 6.98. The number of nitrogens with zero attached hydrogens (tertiary/aromatic N) is 5. The van der Waals surface area contributed by atoms with Crippen LogP contribution < -0.4 is 19.7 Å². The Hall–Kier alpha value is -3.36. The van der Waals surface area contributed by atoms with Crippen LogP contribution in [0.2, 0.25) is 0 Å². The third kappa shape index (κ3) is 4.38. The van der Waals surface area contributed by atoms with Crippen molar-refractivity contribution in [2.75, 3.05) is 32.2 Å². The number of imidazole rings is 1. The molecule has 9 heteroatoms. The summed E-state index contributed by atoms with van der Waals surface area (Å²) < 4.78 is 13.0. The van der Waals surface area contributed by atoms with E-state index in [0.29, 0.717) is 6.54 Å². The van der Waals surface area contributed by atoms with Crippen LogP contribution in [-0.4, -0.2) is 52.7 Å². The van der Waals surface area contributed by atoms with Crippen molar-refractivity contribution in [1.82, 2.24) is 24.8 Å². The highest BCUT2D eigenvalue weighted by Crippen LogP contribution is 2.30. The van der Waals surface area contributed by atoms with Crippen molar-refractivity contribution in [3.63, 3.8) is 0 Å². The molecule has 0 atom stereocenters. The lowest BCUT2D eigenvalue weighted by molar-refractivity contribution is -0.125. The zero-order chi connectivity index (χ0) is 23.5. The van der Waals surface area contributed by atoms with Gasteiger partial charge in [-0.15, -0.1) is 0 Å². The van der Waals surface area contributed by atoms with E-state index in [2.05, 4.69) is 24.8 Å². The fourth-order valence-electron chi connectivity index (χ4n) is 5.06. The zero-order valence-electron chi connectivity index (χ0n) is 19.9. The number of carbonyl (C=O) groups is 1. The predicted octanol–water partition coefficient (Wildman–Crippen LogP) is 3.10. The van der Waals surface area contributed by atoms with Crippen LogP contribution in [0.5, 0.6) is 11.5 Å². The molecule has 1 saturated heterocycles. The van der Waals surface area contributed by atoms with Crippen LogP contribution in [-0.2, 0) is 24.3 Å². The first-order valence-corrected chi connectivity index (χ1v) is 12.1. The van der Waals surface area contributed by atoms with Gasteiger partial charge in [0.25, 0.3) is 0 Å². The fraction of sp³-hybridized carbons (Fsp3) is 0.520. The Labute approximate surface area is 199 Å². The Morgan fingerprint density at radius 2 is 1.94 bits per heavy atom. The van der Waals surface area contributed by atoms with Gasteiger partial charge in [-0.05, 0) is 43.9 Å². The van der Waals surface area contributed by atoms with Crippen LogP contribution in [0.25, 0.3) is 11.2 Å². The monoisotopic (exact) mass is 464 g/mol. The number of ether oxygens (including phenoxy) is 2. The maximum Gasteiger partial charge on any atom is 0.223 e. The molecule has 0 spiro atoms. The molecule has 2 aliphatic rings. The molecule has 0 radical (unpaired) electrons. The first kappa shape index (κ1) is 22.4. The Kier molecular flexibility index (Phi) is 6.51. The lowest BCUT2D eigenvalue weighted by Crippen LogP contribution is -2.40. The summed E-state index contributed by atoms with van der Waals surface area (Å²) in [4.78, 5) is 29.2. The maximum absolute atomic E-state index is 12.9. The van der Waals surface area contributed by atoms with Gasteiger partial charge in [0, 0.05) is 44.1 Å². The largest absolute Gasteiger partial charge is 0.497 e. The molecule has 34 heavy (non-hydrogen) atoms. The van der Waals surface area contributed by atoms with E-state index in [9.17, 15) is 4.79 Å². The van der Waals surface area contributed by atoms with Gasteiger partial charge in [0.15, 0.2) is 17.0 Å². The van der Waals surface area contributed by atoms with Crippen molar-refractivity contribution in [3.05, 3.63) is 35.9 Å². The van der Waals surface area contributed by atoms with E-state index in [1.165, 1.54) is 19.3 Å². The highest BCUT2D eigenvalue weighted by atomic mass is 16.5. The van der Waals surface area contributed by atoms with Gasteiger partial charge in [0.1, 0.15) is 23.7 Å². The number of benzene rings is 1. The molecule has 180 valence electrons. The topological polar surface area (TPSA) is 94.4 Å². The van der Waals surface area contributed by atoms with Crippen molar-refractivity contribution in [3.8, 4) is 11.5 Å². The van der Waals surface area contributed by atoms with E-state index < -0.39 is 0 Å². The average Bonchev–Trinajstić information content (AvgIpc) is 3.07. The first-order valence-electron chi connectivity index (χ1n) is 12.1. The molecule has 0 saturated carbocycles. The Morgan fingerprint density at radius 3 is 2.74 bits per heavy atom. The van der Waals surface area contributed by atoms with Crippen LogP contribution in [0, 0.1) is 5.92 Å². The number of carbonyl (C=O) groups excluding carboxylic acids is 1. The molecule has 0 aliphatic carbocycles. The van der Waals surface area contributed by atoms with Gasteiger partial charge in [-0.2, -0.15) is 0 Å². The Balaban J connectivity index is 1.23. The predicted molar refractivity (Wildman–Crippen MR) is 129 cm³/mol. The quantitative estimate of drug-likeness (QED) is 0.599. The second-order valence-corrected chi connectivity index (χ2v) is 9.02. The number of aromatic nitrogens is 4. The van der Waals surface area contributed by atoms with E-state index in [1.807, 2.05) is 18.2 Å². The smallest absolute Gasteiger partial charge is 0.223 e. The van der Waals surface area contributed by atoms with Crippen molar-refractivity contribution >= 4 is 22.9 Å². The summed E-state index contributed by atoms with van der Waals surface area (Å²) in [6.45, 7) is 2.93. The van der Waals surface area contributed by atoms with E-state index in [1.54, 1.807) is 20.5 Å². The van der Waals surface area contributed by atoms with Crippen LogP contribution in [0.3, 0.4) is 0 Å². The highest BCUT2D eigenvalue weighted by molar-refractivity contribution is 5.84. The molecule has 1 aromatic carbocycles. The van der Waals surface area contributed by atoms with Crippen LogP contribution in [0.1, 0.15) is 43.5 Å². The van der Waals surface area contributed by atoms with Crippen molar-refractivity contribution in [2.45, 2.75) is 51.6 Å². The minimum atomic E-state index is -0.0242. The van der Waals surface area contributed by atoms with E-state index in [0.717, 1.165) is 78.8 Å². The molecule has 5 rings (SSSR count). The Morgan fingerprint density at radius 1 is 1.09 bits per heavy atom. The van der Waals surface area contributed by atoms with Gasteiger partial charge >= 0.3 is 0 Å². The second-order valence-electron chi connectivity index (χ2n) is 9.02. The number of hydrogen-bond donors (Lipinski definition) is 1. The first-order chi connectivity index (χ1) is 16.7. The van der Waals surface area contributed by atoms with Crippen molar-refractivity contribution in [2.24, 2.45) is 5.92 Å². The molecule has 1 fully saturated rings. The molecule has 0 bridgehead atoms. The number of amides is 1. The summed E-state index contributed by atoms with van der Waals surface area (Å²) >= 11 is 0. The molecule has 0 unspecified atom stereocenters. The Bertz CT molecular complexity index is 1170. The average molecular weight is 465 g/mol. The number of rotatable bonds is 6. The second kappa shape index (κ2) is 9.87. The van der Waals surface area contributed by atoms with Crippen molar-refractivity contribution < 1.29 is 14.3 Å². The molecule has 9 nitrogen and oxygen atoms in total. The molecule has 2 aliphatic heterocycles.